The number of aryl methyl sites for hydroxylation is 1. The topological polar surface area (TPSA) is 42.7 Å². The van der Waals surface area contributed by atoms with Gasteiger partial charge in [-0.3, -0.25) is 4.68 Å². The molecule has 0 amide bonds. The molecule has 0 saturated carbocycles. The van der Waals surface area contributed by atoms with Crippen molar-refractivity contribution < 1.29 is 4.39 Å². The zero-order chi connectivity index (χ0) is 14.4. The first-order valence-electron chi connectivity index (χ1n) is 6.99. The Morgan fingerprint density at radius 3 is 2.65 bits per heavy atom. The van der Waals surface area contributed by atoms with Crippen LogP contribution in [-0.4, -0.2) is 27.9 Å². The number of rotatable bonds is 7. The van der Waals surface area contributed by atoms with Crippen molar-refractivity contribution in [3.8, 4) is 0 Å². The van der Waals surface area contributed by atoms with E-state index in [1.54, 1.807) is 11.0 Å². The van der Waals surface area contributed by atoms with Crippen LogP contribution in [0.25, 0.3) is 0 Å². The van der Waals surface area contributed by atoms with Gasteiger partial charge in [0.2, 0.25) is 0 Å². The van der Waals surface area contributed by atoms with Gasteiger partial charge in [0.25, 0.3) is 0 Å². The van der Waals surface area contributed by atoms with Gasteiger partial charge in [0.1, 0.15) is 18.0 Å². The first kappa shape index (κ1) is 14.7. The second-order valence-corrected chi connectivity index (χ2v) is 4.96. The van der Waals surface area contributed by atoms with Crippen LogP contribution in [0.2, 0.25) is 0 Å². The Balaban J connectivity index is 2.11. The van der Waals surface area contributed by atoms with E-state index in [2.05, 4.69) is 22.3 Å². The van der Waals surface area contributed by atoms with Crippen LogP contribution in [0.1, 0.15) is 30.7 Å². The Morgan fingerprint density at radius 2 is 2.05 bits per heavy atom. The molecule has 0 fully saturated rings. The summed E-state index contributed by atoms with van der Waals surface area (Å²) < 4.78 is 14.8. The van der Waals surface area contributed by atoms with E-state index in [9.17, 15) is 4.39 Å². The van der Waals surface area contributed by atoms with Crippen molar-refractivity contribution in [1.82, 2.24) is 20.1 Å². The molecule has 1 aromatic carbocycles. The lowest BCUT2D eigenvalue weighted by atomic mass is 9.95. The quantitative estimate of drug-likeness (QED) is 0.789. The maximum atomic E-state index is 13.1. The summed E-state index contributed by atoms with van der Waals surface area (Å²) in [4.78, 5) is 4.28. The van der Waals surface area contributed by atoms with Crippen LogP contribution >= 0.6 is 0 Å². The van der Waals surface area contributed by atoms with Gasteiger partial charge in [-0.05, 0) is 30.7 Å². The van der Waals surface area contributed by atoms with Crippen molar-refractivity contribution in [2.45, 2.75) is 25.7 Å². The van der Waals surface area contributed by atoms with Gasteiger partial charge in [-0.15, -0.1) is 0 Å². The monoisotopic (exact) mass is 276 g/mol. The Bertz CT molecular complexity index is 521. The number of hydrogen-bond acceptors (Lipinski definition) is 3. The van der Waals surface area contributed by atoms with E-state index in [0.717, 1.165) is 37.3 Å². The molecule has 5 heteroatoms. The van der Waals surface area contributed by atoms with E-state index in [-0.39, 0.29) is 11.7 Å². The fraction of sp³-hybridized carbons (Fsp3) is 0.467. The summed E-state index contributed by atoms with van der Waals surface area (Å²) in [6.07, 6.45) is 3.45. The summed E-state index contributed by atoms with van der Waals surface area (Å²) in [7, 11) is 1.89. The highest BCUT2D eigenvalue weighted by atomic mass is 19.1. The van der Waals surface area contributed by atoms with Gasteiger partial charge >= 0.3 is 0 Å². The minimum atomic E-state index is -0.201. The van der Waals surface area contributed by atoms with Gasteiger partial charge in [-0.25, -0.2) is 9.37 Å². The number of halogens is 1. The van der Waals surface area contributed by atoms with Gasteiger partial charge < -0.3 is 5.32 Å². The molecule has 2 aromatic rings. The van der Waals surface area contributed by atoms with Crippen molar-refractivity contribution >= 4 is 0 Å². The summed E-state index contributed by atoms with van der Waals surface area (Å²) in [5, 5.41) is 7.53. The predicted molar refractivity (Wildman–Crippen MR) is 77.0 cm³/mol. The van der Waals surface area contributed by atoms with E-state index >= 15 is 0 Å². The Kier molecular flexibility index (Phi) is 5.24. The lowest BCUT2D eigenvalue weighted by Gasteiger charge is -2.17. The molecule has 0 radical (unpaired) electrons. The van der Waals surface area contributed by atoms with E-state index in [0.29, 0.717) is 0 Å². The van der Waals surface area contributed by atoms with Crippen molar-refractivity contribution in [3.63, 3.8) is 0 Å². The third-order valence-corrected chi connectivity index (χ3v) is 3.39. The van der Waals surface area contributed by atoms with E-state index < -0.39 is 0 Å². The van der Waals surface area contributed by atoms with Crippen LogP contribution in [0.3, 0.4) is 0 Å². The molecule has 108 valence electrons. The van der Waals surface area contributed by atoms with Crippen LogP contribution in [0.4, 0.5) is 4.39 Å². The third kappa shape index (κ3) is 3.87. The van der Waals surface area contributed by atoms with Crippen LogP contribution in [0, 0.1) is 5.82 Å². The third-order valence-electron chi connectivity index (χ3n) is 3.39. The Morgan fingerprint density at radius 1 is 1.30 bits per heavy atom. The molecule has 1 atom stereocenters. The molecule has 1 aromatic heterocycles. The molecule has 0 bridgehead atoms. The Hall–Kier alpha value is -1.75. The molecule has 0 aliphatic heterocycles. The minimum absolute atomic E-state index is 0.201. The second-order valence-electron chi connectivity index (χ2n) is 4.96. The van der Waals surface area contributed by atoms with E-state index in [4.69, 9.17) is 0 Å². The molecule has 0 aliphatic rings. The summed E-state index contributed by atoms with van der Waals surface area (Å²) in [6, 6.07) is 6.73. The van der Waals surface area contributed by atoms with Crippen LogP contribution in [0.15, 0.2) is 30.6 Å². The number of nitrogens with zero attached hydrogens (tertiary/aromatic N) is 3. The fourth-order valence-corrected chi connectivity index (χ4v) is 2.22. The van der Waals surface area contributed by atoms with E-state index in [1.165, 1.54) is 12.1 Å². The maximum absolute atomic E-state index is 13.1. The maximum Gasteiger partial charge on any atom is 0.138 e. The van der Waals surface area contributed by atoms with Crippen molar-refractivity contribution in [2.24, 2.45) is 7.05 Å². The molecule has 4 nitrogen and oxygen atoms in total. The van der Waals surface area contributed by atoms with Crippen molar-refractivity contribution in [1.29, 1.82) is 0 Å². The predicted octanol–water partition coefficient (Wildman–Crippen LogP) is 2.28. The smallest absolute Gasteiger partial charge is 0.138 e. The van der Waals surface area contributed by atoms with Crippen LogP contribution in [0.5, 0.6) is 0 Å². The number of nitrogens with one attached hydrogen (secondary N) is 1. The summed E-state index contributed by atoms with van der Waals surface area (Å²) >= 11 is 0. The molecule has 0 spiro atoms. The molecule has 0 aliphatic carbocycles. The minimum Gasteiger partial charge on any atom is -0.316 e. The van der Waals surface area contributed by atoms with Crippen LogP contribution in [-0.2, 0) is 13.5 Å². The van der Waals surface area contributed by atoms with Gasteiger partial charge in [-0.2, -0.15) is 5.10 Å². The fourth-order valence-electron chi connectivity index (χ4n) is 2.22. The van der Waals surface area contributed by atoms with Gasteiger partial charge in [-0.1, -0.05) is 19.1 Å². The number of aromatic nitrogens is 3. The molecular formula is C15H21FN4. The zero-order valence-corrected chi connectivity index (χ0v) is 12.0. The number of benzene rings is 1. The van der Waals surface area contributed by atoms with Crippen molar-refractivity contribution in [3.05, 3.63) is 47.8 Å². The van der Waals surface area contributed by atoms with Crippen molar-refractivity contribution in [2.75, 3.05) is 13.1 Å². The molecule has 1 unspecified atom stereocenters. The lowest BCUT2D eigenvalue weighted by molar-refractivity contribution is 0.550. The average Bonchev–Trinajstić information content (AvgIpc) is 2.84. The summed E-state index contributed by atoms with van der Waals surface area (Å²) in [6.45, 7) is 3.98. The lowest BCUT2D eigenvalue weighted by Crippen LogP contribution is -2.24. The first-order valence-corrected chi connectivity index (χ1v) is 6.99. The largest absolute Gasteiger partial charge is 0.316 e. The highest BCUT2D eigenvalue weighted by Gasteiger charge is 2.15. The normalized spacial score (nSPS) is 12.6. The van der Waals surface area contributed by atoms with Crippen LogP contribution < -0.4 is 5.32 Å². The second kappa shape index (κ2) is 7.14. The molecule has 1 heterocycles. The van der Waals surface area contributed by atoms with Gasteiger partial charge in [0.15, 0.2) is 0 Å². The zero-order valence-electron chi connectivity index (χ0n) is 12.0. The van der Waals surface area contributed by atoms with Gasteiger partial charge in [0.05, 0.1) is 0 Å². The van der Waals surface area contributed by atoms with Gasteiger partial charge in [0, 0.05) is 25.9 Å². The molecule has 20 heavy (non-hydrogen) atoms. The standard InChI is InChI=1S/C15H21FN4/c1-3-8-17-10-13(9-15-18-11-19-20(15)2)12-4-6-14(16)7-5-12/h4-7,11,13,17H,3,8-10H2,1-2H3. The number of hydrogen-bond donors (Lipinski definition) is 1. The Labute approximate surface area is 119 Å². The average molecular weight is 276 g/mol. The summed E-state index contributed by atoms with van der Waals surface area (Å²) in [5.74, 6) is 1.01. The SMILES string of the molecule is CCCNCC(Cc1ncnn1C)c1ccc(F)cc1. The highest BCUT2D eigenvalue weighted by molar-refractivity contribution is 5.22. The molecule has 2 rings (SSSR count). The molecule has 1 N–H and O–H groups in total. The highest BCUT2D eigenvalue weighted by Crippen LogP contribution is 2.19. The first-order chi connectivity index (χ1) is 9.70. The van der Waals surface area contributed by atoms with E-state index in [1.807, 2.05) is 19.2 Å². The molecular weight excluding hydrogens is 255 g/mol. The summed E-state index contributed by atoms with van der Waals surface area (Å²) in [5.41, 5.74) is 1.12. The molecule has 0 saturated heterocycles.